The van der Waals surface area contributed by atoms with E-state index < -0.39 is 10.0 Å². The number of carbonyl (C=O) groups is 1. The highest BCUT2D eigenvalue weighted by atomic mass is 32.2. The quantitative estimate of drug-likeness (QED) is 0.786. The summed E-state index contributed by atoms with van der Waals surface area (Å²) in [5.74, 6) is -0.267. The van der Waals surface area contributed by atoms with Crippen molar-refractivity contribution in [1.29, 1.82) is 0 Å². The fourth-order valence-electron chi connectivity index (χ4n) is 1.95. The molecule has 2 aromatic rings. The van der Waals surface area contributed by atoms with E-state index in [0.717, 1.165) is 5.69 Å². The van der Waals surface area contributed by atoms with Gasteiger partial charge < -0.3 is 4.74 Å². The van der Waals surface area contributed by atoms with Gasteiger partial charge in [0.15, 0.2) is 0 Å². The van der Waals surface area contributed by atoms with Gasteiger partial charge in [-0.15, -0.1) is 0 Å². The monoisotopic (exact) mass is 334 g/mol. The number of methoxy groups -OCH3 is 1. The third-order valence-corrected chi connectivity index (χ3v) is 4.54. The summed E-state index contributed by atoms with van der Waals surface area (Å²) < 4.78 is 31.5. The minimum absolute atomic E-state index is 0.0954. The van der Waals surface area contributed by atoms with Crippen molar-refractivity contribution in [2.24, 2.45) is 0 Å². The fourth-order valence-corrected chi connectivity index (χ4v) is 2.96. The number of aryl methyl sites for hydroxylation is 1. The van der Waals surface area contributed by atoms with E-state index in [4.69, 9.17) is 0 Å². The van der Waals surface area contributed by atoms with Gasteiger partial charge in [-0.05, 0) is 37.1 Å². The number of benzene rings is 1. The predicted octanol–water partition coefficient (Wildman–Crippen LogP) is 2.38. The first kappa shape index (κ1) is 17.0. The number of hydrogen-bond acceptors (Lipinski definition) is 5. The summed E-state index contributed by atoms with van der Waals surface area (Å²) >= 11 is 0. The van der Waals surface area contributed by atoms with E-state index in [9.17, 15) is 13.2 Å². The lowest BCUT2D eigenvalue weighted by Gasteiger charge is -2.08. The van der Waals surface area contributed by atoms with Crippen molar-refractivity contribution < 1.29 is 17.9 Å². The molecule has 122 valence electrons. The van der Waals surface area contributed by atoms with Crippen LogP contribution in [0.3, 0.4) is 0 Å². The van der Waals surface area contributed by atoms with Gasteiger partial charge in [0.2, 0.25) is 0 Å². The van der Waals surface area contributed by atoms with E-state index in [2.05, 4.69) is 14.4 Å². The molecule has 0 aliphatic carbocycles. The molecule has 0 aliphatic rings. The van der Waals surface area contributed by atoms with Crippen LogP contribution in [0.5, 0.6) is 0 Å². The van der Waals surface area contributed by atoms with Gasteiger partial charge in [0.05, 0.1) is 7.11 Å². The van der Waals surface area contributed by atoms with Gasteiger partial charge in [0, 0.05) is 24.0 Å². The summed E-state index contributed by atoms with van der Waals surface area (Å²) in [6, 6.07) is 11.8. The van der Waals surface area contributed by atoms with Gasteiger partial charge in [-0.25, -0.2) is 8.42 Å². The average molecular weight is 334 g/mol. The summed E-state index contributed by atoms with van der Waals surface area (Å²) in [6.07, 6.45) is 2.82. The molecule has 0 unspecified atom stereocenters. The Bertz CT molecular complexity index is 743. The maximum Gasteiger partial charge on any atom is 0.305 e. The highest BCUT2D eigenvalue weighted by molar-refractivity contribution is 7.92. The Balaban J connectivity index is 1.99. The molecule has 2 rings (SSSR count). The van der Waals surface area contributed by atoms with Crippen LogP contribution in [0.25, 0.3) is 0 Å². The largest absolute Gasteiger partial charge is 0.469 e. The first-order valence-corrected chi connectivity index (χ1v) is 8.59. The lowest BCUT2D eigenvalue weighted by Crippen LogP contribution is -2.13. The number of hydrogen-bond donors (Lipinski definition) is 1. The molecule has 23 heavy (non-hydrogen) atoms. The van der Waals surface area contributed by atoms with Gasteiger partial charge in [-0.1, -0.05) is 18.2 Å². The number of esters is 1. The van der Waals surface area contributed by atoms with Gasteiger partial charge >= 0.3 is 5.97 Å². The lowest BCUT2D eigenvalue weighted by atomic mass is 10.2. The molecular formula is C16H18N2O4S. The summed E-state index contributed by atoms with van der Waals surface area (Å²) in [7, 11) is -2.31. The summed E-state index contributed by atoms with van der Waals surface area (Å²) in [4.78, 5) is 15.3. The molecule has 7 heteroatoms. The second-order valence-corrected chi connectivity index (χ2v) is 6.57. The Morgan fingerprint density at radius 1 is 1.17 bits per heavy atom. The Labute approximate surface area is 135 Å². The van der Waals surface area contributed by atoms with Crippen LogP contribution in [0.4, 0.5) is 5.69 Å². The van der Waals surface area contributed by atoms with E-state index in [0.29, 0.717) is 24.9 Å². The van der Waals surface area contributed by atoms with E-state index in [1.54, 1.807) is 30.3 Å². The number of nitrogens with zero attached hydrogens (tertiary/aromatic N) is 1. The van der Waals surface area contributed by atoms with Gasteiger partial charge in [0.25, 0.3) is 10.0 Å². The standard InChI is InChI=1S/C16H18N2O4S/c1-22-16(19)9-5-8-13-10-11-15(12-17-13)23(20,21)18-14-6-3-2-4-7-14/h2-4,6-7,10-12,18H,5,8-9H2,1H3. The number of aromatic nitrogens is 1. The molecule has 0 aliphatic heterocycles. The molecule has 1 aromatic carbocycles. The minimum Gasteiger partial charge on any atom is -0.469 e. The van der Waals surface area contributed by atoms with Crippen molar-refractivity contribution >= 4 is 21.7 Å². The summed E-state index contributed by atoms with van der Waals surface area (Å²) in [5, 5.41) is 0. The maximum atomic E-state index is 12.2. The second kappa shape index (κ2) is 7.73. The fraction of sp³-hybridized carbons (Fsp3) is 0.250. The molecule has 0 spiro atoms. The van der Waals surface area contributed by atoms with Crippen LogP contribution >= 0.6 is 0 Å². The second-order valence-electron chi connectivity index (χ2n) is 4.89. The molecule has 0 saturated heterocycles. The third kappa shape index (κ3) is 5.07. The Morgan fingerprint density at radius 2 is 1.91 bits per heavy atom. The normalized spacial score (nSPS) is 11.0. The molecule has 0 saturated carbocycles. The van der Waals surface area contributed by atoms with Gasteiger partial charge in [-0.3, -0.25) is 14.5 Å². The van der Waals surface area contributed by atoms with Crippen LogP contribution in [0.15, 0.2) is 53.6 Å². The van der Waals surface area contributed by atoms with Crippen LogP contribution in [-0.2, 0) is 26.0 Å². The number of carbonyl (C=O) groups excluding carboxylic acids is 1. The van der Waals surface area contributed by atoms with Crippen molar-refractivity contribution in [3.63, 3.8) is 0 Å². The topological polar surface area (TPSA) is 85.4 Å². The third-order valence-electron chi connectivity index (χ3n) is 3.18. The van der Waals surface area contributed by atoms with Gasteiger partial charge in [-0.2, -0.15) is 0 Å². The van der Waals surface area contributed by atoms with E-state index in [1.807, 2.05) is 6.07 Å². The predicted molar refractivity (Wildman–Crippen MR) is 86.4 cm³/mol. The van der Waals surface area contributed by atoms with Crippen molar-refractivity contribution in [1.82, 2.24) is 4.98 Å². The zero-order valence-electron chi connectivity index (χ0n) is 12.7. The molecule has 0 radical (unpaired) electrons. The number of para-hydroxylation sites is 1. The average Bonchev–Trinajstić information content (AvgIpc) is 2.55. The molecule has 0 amide bonds. The summed E-state index contributed by atoms with van der Waals surface area (Å²) in [6.45, 7) is 0. The Kier molecular flexibility index (Phi) is 5.70. The van der Waals surface area contributed by atoms with Crippen LogP contribution in [0, 0.1) is 0 Å². The molecule has 1 heterocycles. The number of anilines is 1. The molecule has 0 atom stereocenters. The first-order valence-electron chi connectivity index (χ1n) is 7.11. The lowest BCUT2D eigenvalue weighted by molar-refractivity contribution is -0.140. The molecule has 0 bridgehead atoms. The van der Waals surface area contributed by atoms with Crippen molar-refractivity contribution in [3.8, 4) is 0 Å². The number of rotatable bonds is 7. The number of sulfonamides is 1. The van der Waals surface area contributed by atoms with Gasteiger partial charge in [0.1, 0.15) is 4.90 Å². The van der Waals surface area contributed by atoms with Crippen molar-refractivity contribution in [3.05, 3.63) is 54.4 Å². The minimum atomic E-state index is -3.65. The smallest absolute Gasteiger partial charge is 0.305 e. The molecule has 6 nitrogen and oxygen atoms in total. The number of ether oxygens (including phenoxy) is 1. The van der Waals surface area contributed by atoms with Crippen molar-refractivity contribution in [2.45, 2.75) is 24.2 Å². The summed E-state index contributed by atoms with van der Waals surface area (Å²) in [5.41, 5.74) is 1.22. The van der Waals surface area contributed by atoms with Crippen LogP contribution in [-0.4, -0.2) is 26.5 Å². The van der Waals surface area contributed by atoms with E-state index in [1.165, 1.54) is 19.4 Å². The van der Waals surface area contributed by atoms with Crippen LogP contribution in [0.2, 0.25) is 0 Å². The van der Waals surface area contributed by atoms with Crippen molar-refractivity contribution in [2.75, 3.05) is 11.8 Å². The molecule has 1 aromatic heterocycles. The van der Waals surface area contributed by atoms with Crippen LogP contribution in [0.1, 0.15) is 18.5 Å². The molecular weight excluding hydrogens is 316 g/mol. The number of nitrogens with one attached hydrogen (secondary N) is 1. The maximum absolute atomic E-state index is 12.2. The Morgan fingerprint density at radius 3 is 2.52 bits per heavy atom. The van der Waals surface area contributed by atoms with E-state index >= 15 is 0 Å². The van der Waals surface area contributed by atoms with Crippen LogP contribution < -0.4 is 4.72 Å². The highest BCUT2D eigenvalue weighted by Crippen LogP contribution is 2.15. The molecule has 0 fully saturated rings. The molecule has 1 N–H and O–H groups in total. The van der Waals surface area contributed by atoms with E-state index in [-0.39, 0.29) is 10.9 Å². The zero-order valence-corrected chi connectivity index (χ0v) is 13.5. The zero-order chi connectivity index (χ0) is 16.7. The SMILES string of the molecule is COC(=O)CCCc1ccc(S(=O)(=O)Nc2ccccc2)cn1. The highest BCUT2D eigenvalue weighted by Gasteiger charge is 2.14. The number of pyridine rings is 1. The Hall–Kier alpha value is -2.41. The first-order chi connectivity index (χ1) is 11.0.